The summed E-state index contributed by atoms with van der Waals surface area (Å²) in [6.07, 6.45) is 2.22. The van der Waals surface area contributed by atoms with Gasteiger partial charge in [0.05, 0.1) is 17.7 Å². The van der Waals surface area contributed by atoms with Crippen LogP contribution in [0.15, 0.2) is 76.2 Å². The van der Waals surface area contributed by atoms with Gasteiger partial charge in [-0.1, -0.05) is 19.1 Å². The molecule has 2 aromatic carbocycles. The fraction of sp³-hybridized carbons (Fsp3) is 0.250. The molecule has 8 nitrogen and oxygen atoms in total. The molecule has 0 saturated heterocycles. The maximum absolute atomic E-state index is 12.5. The number of hydrogen-bond acceptors (Lipinski definition) is 5. The molecule has 3 rings (SSSR count). The van der Waals surface area contributed by atoms with Gasteiger partial charge in [-0.3, -0.25) is 9.59 Å². The number of rotatable bonds is 10. The molecule has 0 aliphatic rings. The Morgan fingerprint density at radius 2 is 1.61 bits per heavy atom. The van der Waals surface area contributed by atoms with E-state index in [1.54, 1.807) is 49.6 Å². The summed E-state index contributed by atoms with van der Waals surface area (Å²) in [5, 5.41) is 5.56. The highest BCUT2D eigenvalue weighted by atomic mass is 32.2. The van der Waals surface area contributed by atoms with E-state index in [9.17, 15) is 18.0 Å². The Balaban J connectivity index is 1.57. The lowest BCUT2D eigenvalue weighted by molar-refractivity contribution is 0.0943. The second-order valence-electron chi connectivity index (χ2n) is 7.60. The van der Waals surface area contributed by atoms with Crippen molar-refractivity contribution < 1.29 is 22.4 Å². The summed E-state index contributed by atoms with van der Waals surface area (Å²) in [6, 6.07) is 16.0. The predicted molar refractivity (Wildman–Crippen MR) is 124 cm³/mol. The highest BCUT2D eigenvalue weighted by molar-refractivity contribution is 7.89. The number of sulfonamides is 1. The molecule has 0 spiro atoms. The standard InChI is InChI=1S/C24H27N3O5S/c1-3-17(2)27-33(30,31)22-11-9-19(10-12-22)23(28)25-15-18-6-4-7-20(14-18)24(29)26-16-21-8-5-13-32-21/h4-14,17,27H,3,15-16H2,1-2H3,(H,25,28)(H,26,29). The van der Waals surface area contributed by atoms with Gasteiger partial charge in [0, 0.05) is 23.7 Å². The molecule has 3 aromatic rings. The second-order valence-corrected chi connectivity index (χ2v) is 9.31. The molecule has 0 fully saturated rings. The number of benzene rings is 2. The Labute approximate surface area is 193 Å². The first-order valence-electron chi connectivity index (χ1n) is 10.6. The zero-order valence-corrected chi connectivity index (χ0v) is 19.3. The molecule has 9 heteroatoms. The largest absolute Gasteiger partial charge is 0.467 e. The van der Waals surface area contributed by atoms with E-state index in [4.69, 9.17) is 4.42 Å². The molecule has 174 valence electrons. The van der Waals surface area contributed by atoms with E-state index in [1.807, 2.05) is 6.92 Å². The average molecular weight is 470 g/mol. The Kier molecular flexibility index (Phi) is 8.02. The van der Waals surface area contributed by atoms with Crippen LogP contribution in [0.4, 0.5) is 0 Å². The van der Waals surface area contributed by atoms with E-state index in [1.165, 1.54) is 24.3 Å². The monoisotopic (exact) mass is 469 g/mol. The average Bonchev–Trinajstić information content (AvgIpc) is 3.34. The smallest absolute Gasteiger partial charge is 0.251 e. The summed E-state index contributed by atoms with van der Waals surface area (Å²) in [7, 11) is -3.63. The molecule has 1 aromatic heterocycles. The minimum absolute atomic E-state index is 0.104. The Morgan fingerprint density at radius 3 is 2.27 bits per heavy atom. The van der Waals surface area contributed by atoms with E-state index in [0.29, 0.717) is 23.3 Å². The van der Waals surface area contributed by atoms with Crippen LogP contribution in [0.2, 0.25) is 0 Å². The zero-order chi connectivity index (χ0) is 23.8. The lowest BCUT2D eigenvalue weighted by Crippen LogP contribution is -2.32. The van der Waals surface area contributed by atoms with Gasteiger partial charge in [0.25, 0.3) is 11.8 Å². The van der Waals surface area contributed by atoms with Crippen LogP contribution in [0.25, 0.3) is 0 Å². The molecule has 3 N–H and O–H groups in total. The molecule has 33 heavy (non-hydrogen) atoms. The Hall–Kier alpha value is -3.43. The first-order valence-corrected chi connectivity index (χ1v) is 12.1. The predicted octanol–water partition coefficient (Wildman–Crippen LogP) is 3.22. The third-order valence-corrected chi connectivity index (χ3v) is 6.65. The van der Waals surface area contributed by atoms with Crippen LogP contribution in [0.1, 0.15) is 52.3 Å². The minimum Gasteiger partial charge on any atom is -0.467 e. The quantitative estimate of drug-likeness (QED) is 0.421. The fourth-order valence-corrected chi connectivity index (χ4v) is 4.32. The number of nitrogens with one attached hydrogen (secondary N) is 3. The SMILES string of the molecule is CCC(C)NS(=O)(=O)c1ccc(C(=O)NCc2cccc(C(=O)NCc3ccco3)c2)cc1. The van der Waals surface area contributed by atoms with Crippen LogP contribution in [0.3, 0.4) is 0 Å². The van der Waals surface area contributed by atoms with Gasteiger partial charge >= 0.3 is 0 Å². The maximum atomic E-state index is 12.5. The summed E-state index contributed by atoms with van der Waals surface area (Å²) in [6.45, 7) is 4.18. The zero-order valence-electron chi connectivity index (χ0n) is 18.5. The van der Waals surface area contributed by atoms with Crippen molar-refractivity contribution in [2.75, 3.05) is 0 Å². The summed E-state index contributed by atoms with van der Waals surface area (Å²) in [5.41, 5.74) is 1.56. The summed E-state index contributed by atoms with van der Waals surface area (Å²) < 4.78 is 32.5. The van der Waals surface area contributed by atoms with Gasteiger partial charge in [-0.2, -0.15) is 0 Å². The highest BCUT2D eigenvalue weighted by Crippen LogP contribution is 2.12. The molecule has 1 atom stereocenters. The fourth-order valence-electron chi connectivity index (χ4n) is 2.99. The molecule has 0 aliphatic heterocycles. The van der Waals surface area contributed by atoms with Crippen LogP contribution >= 0.6 is 0 Å². The van der Waals surface area contributed by atoms with E-state index < -0.39 is 10.0 Å². The summed E-state index contributed by atoms with van der Waals surface area (Å²) >= 11 is 0. The molecule has 1 heterocycles. The molecule has 1 unspecified atom stereocenters. The van der Waals surface area contributed by atoms with Crippen LogP contribution in [0.5, 0.6) is 0 Å². The van der Waals surface area contributed by atoms with E-state index in [-0.39, 0.29) is 35.8 Å². The van der Waals surface area contributed by atoms with Crippen molar-refractivity contribution in [1.29, 1.82) is 0 Å². The minimum atomic E-state index is -3.63. The second kappa shape index (κ2) is 10.9. The van der Waals surface area contributed by atoms with Crippen LogP contribution in [-0.2, 0) is 23.1 Å². The maximum Gasteiger partial charge on any atom is 0.251 e. The first kappa shape index (κ1) is 24.2. The lowest BCUT2D eigenvalue weighted by Gasteiger charge is -2.12. The number of hydrogen-bond donors (Lipinski definition) is 3. The number of carbonyl (C=O) groups is 2. The molecule has 0 bridgehead atoms. The highest BCUT2D eigenvalue weighted by Gasteiger charge is 2.17. The third kappa shape index (κ3) is 6.77. The van der Waals surface area contributed by atoms with Gasteiger partial charge in [0.1, 0.15) is 5.76 Å². The van der Waals surface area contributed by atoms with Gasteiger partial charge in [-0.25, -0.2) is 13.1 Å². The first-order chi connectivity index (χ1) is 15.8. The number of furan rings is 1. The molecular weight excluding hydrogens is 442 g/mol. The molecule has 2 amide bonds. The molecule has 0 saturated carbocycles. The molecule has 0 radical (unpaired) electrons. The Morgan fingerprint density at radius 1 is 0.909 bits per heavy atom. The van der Waals surface area contributed by atoms with Crippen molar-refractivity contribution in [3.63, 3.8) is 0 Å². The van der Waals surface area contributed by atoms with Gasteiger partial charge in [0.2, 0.25) is 10.0 Å². The van der Waals surface area contributed by atoms with E-state index in [2.05, 4.69) is 15.4 Å². The van der Waals surface area contributed by atoms with Crippen molar-refractivity contribution in [1.82, 2.24) is 15.4 Å². The molecular formula is C24H27N3O5S. The lowest BCUT2D eigenvalue weighted by atomic mass is 10.1. The van der Waals surface area contributed by atoms with Crippen molar-refractivity contribution in [2.45, 2.75) is 44.3 Å². The van der Waals surface area contributed by atoms with Gasteiger partial charge < -0.3 is 15.1 Å². The number of carbonyl (C=O) groups excluding carboxylic acids is 2. The van der Waals surface area contributed by atoms with Crippen LogP contribution in [-0.4, -0.2) is 26.3 Å². The summed E-state index contributed by atoms with van der Waals surface area (Å²) in [4.78, 5) is 25.0. The van der Waals surface area contributed by atoms with Crippen molar-refractivity contribution in [3.05, 3.63) is 89.4 Å². The summed E-state index contributed by atoms with van der Waals surface area (Å²) in [5.74, 6) is 0.0603. The third-order valence-electron chi connectivity index (χ3n) is 5.04. The van der Waals surface area contributed by atoms with Crippen molar-refractivity contribution >= 4 is 21.8 Å². The van der Waals surface area contributed by atoms with Gasteiger partial charge in [-0.15, -0.1) is 0 Å². The number of amides is 2. The topological polar surface area (TPSA) is 118 Å². The van der Waals surface area contributed by atoms with E-state index >= 15 is 0 Å². The van der Waals surface area contributed by atoms with E-state index in [0.717, 1.165) is 5.56 Å². The molecule has 0 aliphatic carbocycles. The Bertz CT molecular complexity index is 1190. The van der Waals surface area contributed by atoms with Crippen LogP contribution < -0.4 is 15.4 Å². The van der Waals surface area contributed by atoms with Gasteiger partial charge in [0.15, 0.2) is 0 Å². The van der Waals surface area contributed by atoms with Crippen LogP contribution in [0, 0.1) is 0 Å². The van der Waals surface area contributed by atoms with Gasteiger partial charge in [-0.05, 0) is 67.4 Å². The normalized spacial score (nSPS) is 12.2. The van der Waals surface area contributed by atoms with Crippen molar-refractivity contribution in [3.8, 4) is 0 Å². The van der Waals surface area contributed by atoms with Crippen molar-refractivity contribution in [2.24, 2.45) is 0 Å².